The van der Waals surface area contributed by atoms with Gasteiger partial charge in [0, 0.05) is 25.5 Å². The van der Waals surface area contributed by atoms with Gasteiger partial charge in [-0.1, -0.05) is 18.2 Å². The number of methoxy groups -OCH3 is 1. The highest BCUT2D eigenvalue weighted by Crippen LogP contribution is 2.31. The van der Waals surface area contributed by atoms with E-state index in [0.29, 0.717) is 36.0 Å². The van der Waals surface area contributed by atoms with E-state index in [1.54, 1.807) is 31.3 Å². The van der Waals surface area contributed by atoms with Gasteiger partial charge >= 0.3 is 6.03 Å². The zero-order valence-electron chi connectivity index (χ0n) is 15.8. The van der Waals surface area contributed by atoms with E-state index >= 15 is 0 Å². The molecular weight excluding hydrogens is 362 g/mol. The third-order valence-corrected chi connectivity index (χ3v) is 4.06. The molecule has 1 aliphatic rings. The van der Waals surface area contributed by atoms with Gasteiger partial charge in [-0.3, -0.25) is 4.79 Å². The van der Waals surface area contributed by atoms with Crippen molar-refractivity contribution in [2.75, 3.05) is 44.5 Å². The van der Waals surface area contributed by atoms with Crippen LogP contribution in [-0.2, 0) is 9.53 Å². The Hall–Kier alpha value is -3.26. The quantitative estimate of drug-likeness (QED) is 0.798. The normalized spacial score (nSPS) is 14.9. The van der Waals surface area contributed by atoms with Crippen molar-refractivity contribution in [1.82, 2.24) is 4.90 Å². The summed E-state index contributed by atoms with van der Waals surface area (Å²) in [5, 5.41) is 5.50. The number of urea groups is 1. The maximum absolute atomic E-state index is 12.5. The third-order valence-electron chi connectivity index (χ3n) is 4.06. The molecule has 28 heavy (non-hydrogen) atoms. The van der Waals surface area contributed by atoms with Gasteiger partial charge in [-0.2, -0.15) is 0 Å². The van der Waals surface area contributed by atoms with E-state index in [2.05, 4.69) is 10.6 Å². The lowest BCUT2D eigenvalue weighted by Gasteiger charge is -2.29. The zero-order chi connectivity index (χ0) is 19.9. The smallest absolute Gasteiger partial charge is 0.321 e. The zero-order valence-corrected chi connectivity index (χ0v) is 15.8. The fraction of sp³-hybridized carbons (Fsp3) is 0.300. The van der Waals surface area contributed by atoms with Crippen LogP contribution < -0.4 is 20.1 Å². The first-order valence-electron chi connectivity index (χ1n) is 8.84. The number of hydrogen-bond acceptors (Lipinski definition) is 5. The minimum absolute atomic E-state index is 0.0358. The molecule has 1 heterocycles. The predicted molar refractivity (Wildman–Crippen MR) is 105 cm³/mol. The molecule has 2 aromatic carbocycles. The molecular formula is C20H23N3O5. The molecule has 0 radical (unpaired) electrons. The Morgan fingerprint density at radius 3 is 2.57 bits per heavy atom. The van der Waals surface area contributed by atoms with Gasteiger partial charge < -0.3 is 29.7 Å². The number of rotatable bonds is 6. The van der Waals surface area contributed by atoms with Crippen LogP contribution >= 0.6 is 0 Å². The molecule has 0 saturated heterocycles. The van der Waals surface area contributed by atoms with Crippen molar-refractivity contribution < 1.29 is 23.8 Å². The van der Waals surface area contributed by atoms with Crippen LogP contribution in [0.15, 0.2) is 48.5 Å². The predicted octanol–water partition coefficient (Wildman–Crippen LogP) is 2.58. The molecule has 1 atom stereocenters. The molecule has 3 rings (SSSR count). The average molecular weight is 385 g/mol. The van der Waals surface area contributed by atoms with Crippen LogP contribution in [-0.4, -0.2) is 56.9 Å². The first kappa shape index (κ1) is 19.5. The Morgan fingerprint density at radius 1 is 1.11 bits per heavy atom. The number of nitrogens with zero attached hydrogens (tertiary/aromatic N) is 1. The number of para-hydroxylation sites is 2. The number of carbonyl (C=O) groups excluding carboxylic acids is 2. The van der Waals surface area contributed by atoms with Crippen molar-refractivity contribution in [3.63, 3.8) is 0 Å². The van der Waals surface area contributed by atoms with Gasteiger partial charge in [0.05, 0.1) is 6.54 Å². The number of anilines is 2. The summed E-state index contributed by atoms with van der Waals surface area (Å²) in [6.07, 6.45) is -0.259. The summed E-state index contributed by atoms with van der Waals surface area (Å²) in [5.74, 6) is 1.11. The highest BCUT2D eigenvalue weighted by Gasteiger charge is 2.23. The third kappa shape index (κ3) is 5.14. The molecule has 0 fully saturated rings. The minimum atomic E-state index is -0.289. The van der Waals surface area contributed by atoms with E-state index in [9.17, 15) is 9.59 Å². The fourth-order valence-corrected chi connectivity index (χ4v) is 2.76. The highest BCUT2D eigenvalue weighted by molar-refractivity contribution is 5.94. The summed E-state index contributed by atoms with van der Waals surface area (Å²) in [5.41, 5.74) is 1.14. The molecule has 1 aliphatic heterocycles. The van der Waals surface area contributed by atoms with Crippen molar-refractivity contribution in [3.8, 4) is 11.5 Å². The van der Waals surface area contributed by atoms with Gasteiger partial charge in [-0.05, 0) is 30.3 Å². The SMILES string of the molecule is COCC(=O)Nc1cccc(NC(=O)N(C)CC2COc3ccccc3O2)c1. The van der Waals surface area contributed by atoms with Gasteiger partial charge in [0.2, 0.25) is 5.91 Å². The van der Waals surface area contributed by atoms with Crippen LogP contribution in [0.3, 0.4) is 0 Å². The van der Waals surface area contributed by atoms with E-state index in [-0.39, 0.29) is 24.6 Å². The first-order chi connectivity index (χ1) is 13.5. The van der Waals surface area contributed by atoms with Crippen molar-refractivity contribution in [1.29, 1.82) is 0 Å². The number of ether oxygens (including phenoxy) is 3. The summed E-state index contributed by atoms with van der Waals surface area (Å²) in [7, 11) is 3.13. The number of hydrogen-bond donors (Lipinski definition) is 2. The van der Waals surface area contributed by atoms with E-state index in [1.807, 2.05) is 24.3 Å². The fourth-order valence-electron chi connectivity index (χ4n) is 2.76. The molecule has 2 aromatic rings. The van der Waals surface area contributed by atoms with Crippen LogP contribution in [0.5, 0.6) is 11.5 Å². The van der Waals surface area contributed by atoms with Gasteiger partial charge in [0.1, 0.15) is 13.2 Å². The second kappa shape index (κ2) is 9.09. The first-order valence-corrected chi connectivity index (χ1v) is 8.84. The van der Waals surface area contributed by atoms with Crippen LogP contribution in [0.25, 0.3) is 0 Å². The number of carbonyl (C=O) groups is 2. The van der Waals surface area contributed by atoms with Crippen molar-refractivity contribution in [3.05, 3.63) is 48.5 Å². The summed E-state index contributed by atoms with van der Waals surface area (Å²) in [4.78, 5) is 25.6. The maximum Gasteiger partial charge on any atom is 0.321 e. The number of amides is 3. The highest BCUT2D eigenvalue weighted by atomic mass is 16.6. The Labute approximate surface area is 163 Å². The van der Waals surface area contributed by atoms with Crippen LogP contribution in [0.2, 0.25) is 0 Å². The lowest BCUT2D eigenvalue weighted by Crippen LogP contribution is -2.43. The molecule has 2 N–H and O–H groups in total. The van der Waals surface area contributed by atoms with Gasteiger partial charge in [0.15, 0.2) is 17.6 Å². The molecule has 0 aliphatic carbocycles. The Morgan fingerprint density at radius 2 is 1.82 bits per heavy atom. The Bertz CT molecular complexity index is 842. The second-order valence-electron chi connectivity index (χ2n) is 6.37. The molecule has 0 spiro atoms. The Balaban J connectivity index is 1.54. The summed E-state index contributed by atoms with van der Waals surface area (Å²) in [6.45, 7) is 0.700. The Kier molecular flexibility index (Phi) is 6.33. The van der Waals surface area contributed by atoms with Gasteiger partial charge in [-0.15, -0.1) is 0 Å². The van der Waals surface area contributed by atoms with E-state index in [1.165, 1.54) is 12.0 Å². The monoisotopic (exact) mass is 385 g/mol. The van der Waals surface area contributed by atoms with Crippen LogP contribution in [0, 0.1) is 0 Å². The number of benzene rings is 2. The second-order valence-corrected chi connectivity index (χ2v) is 6.37. The average Bonchev–Trinajstić information content (AvgIpc) is 2.68. The van der Waals surface area contributed by atoms with Gasteiger partial charge in [0.25, 0.3) is 0 Å². The van der Waals surface area contributed by atoms with Crippen LogP contribution in [0.4, 0.5) is 16.2 Å². The molecule has 0 saturated carbocycles. The summed E-state index contributed by atoms with van der Waals surface area (Å²) >= 11 is 0. The van der Waals surface area contributed by atoms with Crippen molar-refractivity contribution in [2.24, 2.45) is 0 Å². The largest absolute Gasteiger partial charge is 0.486 e. The molecule has 0 aromatic heterocycles. The standard InChI is InChI=1S/C20H23N3O5/c1-23(11-16-12-27-17-8-3-4-9-18(17)28-16)20(25)22-15-7-5-6-14(10-15)21-19(24)13-26-2/h3-10,16H,11-13H2,1-2H3,(H,21,24)(H,22,25). The molecule has 148 valence electrons. The number of fused-ring (bicyclic) bond motifs is 1. The van der Waals surface area contributed by atoms with E-state index in [4.69, 9.17) is 14.2 Å². The van der Waals surface area contributed by atoms with Crippen LogP contribution in [0.1, 0.15) is 0 Å². The summed E-state index contributed by atoms with van der Waals surface area (Å²) < 4.78 is 16.3. The maximum atomic E-state index is 12.5. The van der Waals surface area contributed by atoms with E-state index < -0.39 is 0 Å². The lowest BCUT2D eigenvalue weighted by molar-refractivity contribution is -0.119. The molecule has 8 nitrogen and oxygen atoms in total. The minimum Gasteiger partial charge on any atom is -0.486 e. The van der Waals surface area contributed by atoms with E-state index in [0.717, 1.165) is 0 Å². The van der Waals surface area contributed by atoms with Gasteiger partial charge in [-0.25, -0.2) is 4.79 Å². The van der Waals surface area contributed by atoms with Crippen molar-refractivity contribution in [2.45, 2.75) is 6.10 Å². The lowest BCUT2D eigenvalue weighted by atomic mass is 10.2. The molecule has 8 heteroatoms. The molecule has 3 amide bonds. The summed E-state index contributed by atoms with van der Waals surface area (Å²) in [6, 6.07) is 14.1. The number of nitrogens with one attached hydrogen (secondary N) is 2. The molecule has 0 bridgehead atoms. The van der Waals surface area contributed by atoms with Crippen molar-refractivity contribution >= 4 is 23.3 Å². The number of likely N-dealkylation sites (N-methyl/N-ethyl adjacent to an activating group) is 1. The topological polar surface area (TPSA) is 89.1 Å². The molecule has 1 unspecified atom stereocenters.